The fourth-order valence-electron chi connectivity index (χ4n) is 1.29. The predicted molar refractivity (Wildman–Crippen MR) is 65.3 cm³/mol. The van der Waals surface area contributed by atoms with Gasteiger partial charge in [-0.25, -0.2) is 9.97 Å². The van der Waals surface area contributed by atoms with E-state index in [4.69, 9.17) is 5.73 Å². The van der Waals surface area contributed by atoms with Crippen molar-refractivity contribution in [3.8, 4) is 0 Å². The normalized spacial score (nSPS) is 14.4. The number of nitrogens with two attached hydrogens (primary N) is 1. The average molecular weight is 257 g/mol. The van der Waals surface area contributed by atoms with E-state index >= 15 is 0 Å². The quantitative estimate of drug-likeness (QED) is 0.698. The number of anilines is 1. The van der Waals surface area contributed by atoms with Crippen molar-refractivity contribution in [3.05, 3.63) is 17.5 Å². The Kier molecular flexibility index (Phi) is 4.86. The molecule has 0 spiro atoms. The zero-order chi connectivity index (χ0) is 13.0. The third kappa shape index (κ3) is 3.95. The lowest BCUT2D eigenvalue weighted by Gasteiger charge is -2.18. The van der Waals surface area contributed by atoms with Gasteiger partial charge in [-0.05, 0) is 6.92 Å². The number of aliphatic hydroxyl groups is 2. The highest BCUT2D eigenvalue weighted by atomic mass is 32.2. The molecule has 0 radical (unpaired) electrons. The number of rotatable bonds is 4. The highest BCUT2D eigenvalue weighted by Crippen LogP contribution is 2.21. The monoisotopic (exact) mass is 257 g/mol. The van der Waals surface area contributed by atoms with Crippen LogP contribution in [-0.2, 0) is 4.79 Å². The van der Waals surface area contributed by atoms with E-state index in [1.54, 1.807) is 6.92 Å². The number of carbonyl (C=O) groups is 1. The molecule has 1 rings (SSSR count). The minimum Gasteiger partial charge on any atom is -0.389 e. The molecule has 4 N–H and O–H groups in total. The van der Waals surface area contributed by atoms with Crippen LogP contribution in [0.5, 0.6) is 0 Å². The van der Waals surface area contributed by atoms with Gasteiger partial charge in [-0.1, -0.05) is 11.8 Å². The van der Waals surface area contributed by atoms with E-state index in [2.05, 4.69) is 9.97 Å². The summed E-state index contributed by atoms with van der Waals surface area (Å²) in [7, 11) is 0. The molecule has 1 aromatic heterocycles. The molecular weight excluding hydrogens is 242 g/mol. The molecular formula is C10H15N3O3S. The Hall–Kier alpha value is -1.18. The third-order valence-electron chi connectivity index (χ3n) is 2.18. The van der Waals surface area contributed by atoms with Crippen molar-refractivity contribution in [2.45, 2.75) is 26.1 Å². The van der Waals surface area contributed by atoms with Crippen LogP contribution >= 0.6 is 11.8 Å². The molecule has 17 heavy (non-hydrogen) atoms. The standard InChI is InChI=1S/C10H15N3O3S/c1-5-7(3-12-10(11)13-5)9(16)8(15)4-17-6(2)14/h3,8-9,15-16H,4H2,1-2H3,(H2,11,12,13). The molecule has 1 aromatic rings. The lowest BCUT2D eigenvalue weighted by molar-refractivity contribution is -0.109. The summed E-state index contributed by atoms with van der Waals surface area (Å²) < 4.78 is 0. The molecule has 1 heterocycles. The molecule has 7 heteroatoms. The maximum absolute atomic E-state index is 10.7. The van der Waals surface area contributed by atoms with Crippen molar-refractivity contribution in [1.82, 2.24) is 9.97 Å². The molecule has 2 atom stereocenters. The summed E-state index contributed by atoms with van der Waals surface area (Å²) in [5.41, 5.74) is 6.31. The number of hydrogen-bond donors (Lipinski definition) is 3. The maximum atomic E-state index is 10.7. The first kappa shape index (κ1) is 13.9. The number of nitrogen functional groups attached to an aromatic ring is 1. The highest BCUT2D eigenvalue weighted by Gasteiger charge is 2.21. The summed E-state index contributed by atoms with van der Waals surface area (Å²) >= 11 is 0.957. The maximum Gasteiger partial charge on any atom is 0.220 e. The molecule has 0 bridgehead atoms. The van der Waals surface area contributed by atoms with Crippen molar-refractivity contribution in [3.63, 3.8) is 0 Å². The Morgan fingerprint density at radius 1 is 1.59 bits per heavy atom. The topological polar surface area (TPSA) is 109 Å². The highest BCUT2D eigenvalue weighted by molar-refractivity contribution is 8.13. The minimum absolute atomic E-state index is 0.110. The van der Waals surface area contributed by atoms with Gasteiger partial charge in [0.15, 0.2) is 5.12 Å². The fraction of sp³-hybridized carbons (Fsp3) is 0.500. The van der Waals surface area contributed by atoms with Gasteiger partial charge in [-0.2, -0.15) is 0 Å². The van der Waals surface area contributed by atoms with Gasteiger partial charge in [0.2, 0.25) is 5.95 Å². The van der Waals surface area contributed by atoms with Crippen molar-refractivity contribution in [2.75, 3.05) is 11.5 Å². The van der Waals surface area contributed by atoms with Crippen LogP contribution in [0.3, 0.4) is 0 Å². The van der Waals surface area contributed by atoms with Gasteiger partial charge >= 0.3 is 0 Å². The molecule has 2 unspecified atom stereocenters. The number of aliphatic hydroxyl groups excluding tert-OH is 2. The van der Waals surface area contributed by atoms with Crippen LogP contribution in [0.15, 0.2) is 6.20 Å². The number of nitrogens with zero attached hydrogens (tertiary/aromatic N) is 2. The summed E-state index contributed by atoms with van der Waals surface area (Å²) in [6.45, 7) is 3.07. The summed E-state index contributed by atoms with van der Waals surface area (Å²) in [5.74, 6) is 0.242. The van der Waals surface area contributed by atoms with Crippen LogP contribution < -0.4 is 5.73 Å². The van der Waals surface area contributed by atoms with Gasteiger partial charge < -0.3 is 15.9 Å². The Bertz CT molecular complexity index is 414. The molecule has 0 fully saturated rings. The average Bonchev–Trinajstić information content (AvgIpc) is 2.25. The smallest absolute Gasteiger partial charge is 0.220 e. The van der Waals surface area contributed by atoms with Crippen molar-refractivity contribution < 1.29 is 15.0 Å². The van der Waals surface area contributed by atoms with Crippen LogP contribution in [0, 0.1) is 6.92 Å². The Morgan fingerprint density at radius 2 is 2.24 bits per heavy atom. The minimum atomic E-state index is -1.12. The Balaban J connectivity index is 2.74. The van der Waals surface area contributed by atoms with E-state index in [-0.39, 0.29) is 16.8 Å². The molecule has 0 aliphatic carbocycles. The molecule has 0 aliphatic rings. The molecule has 0 aromatic carbocycles. The van der Waals surface area contributed by atoms with Gasteiger partial charge in [-0.15, -0.1) is 0 Å². The van der Waals surface area contributed by atoms with Crippen LogP contribution in [0.2, 0.25) is 0 Å². The zero-order valence-electron chi connectivity index (χ0n) is 9.62. The van der Waals surface area contributed by atoms with E-state index in [1.165, 1.54) is 13.1 Å². The molecule has 6 nitrogen and oxygen atoms in total. The Morgan fingerprint density at radius 3 is 2.76 bits per heavy atom. The van der Waals surface area contributed by atoms with Crippen molar-refractivity contribution in [2.24, 2.45) is 0 Å². The van der Waals surface area contributed by atoms with Crippen LogP contribution in [0.4, 0.5) is 5.95 Å². The second-order valence-corrected chi connectivity index (χ2v) is 4.78. The predicted octanol–water partition coefficient (Wildman–Crippen LogP) is 0.0412. The van der Waals surface area contributed by atoms with E-state index < -0.39 is 12.2 Å². The first-order chi connectivity index (χ1) is 7.91. The lowest BCUT2D eigenvalue weighted by Crippen LogP contribution is -2.22. The number of carbonyl (C=O) groups excluding carboxylic acids is 1. The molecule has 0 saturated heterocycles. The summed E-state index contributed by atoms with van der Waals surface area (Å²) in [4.78, 5) is 18.4. The number of hydrogen-bond acceptors (Lipinski definition) is 7. The van der Waals surface area contributed by atoms with E-state index in [0.29, 0.717) is 11.3 Å². The van der Waals surface area contributed by atoms with Crippen molar-refractivity contribution >= 4 is 22.8 Å². The number of thioether (sulfide) groups is 1. The zero-order valence-corrected chi connectivity index (χ0v) is 10.4. The second-order valence-electron chi connectivity index (χ2n) is 3.58. The van der Waals surface area contributed by atoms with Crippen LogP contribution in [-0.4, -0.2) is 37.2 Å². The number of aromatic nitrogens is 2. The van der Waals surface area contributed by atoms with E-state index in [0.717, 1.165) is 11.8 Å². The fourth-order valence-corrected chi connectivity index (χ4v) is 1.87. The molecule has 0 amide bonds. The first-order valence-corrected chi connectivity index (χ1v) is 5.99. The molecule has 94 valence electrons. The number of aryl methyl sites for hydroxylation is 1. The lowest BCUT2D eigenvalue weighted by atomic mass is 10.1. The van der Waals surface area contributed by atoms with E-state index in [1.807, 2.05) is 0 Å². The van der Waals surface area contributed by atoms with Gasteiger partial charge in [0.25, 0.3) is 0 Å². The summed E-state index contributed by atoms with van der Waals surface area (Å²) in [6.07, 6.45) is -0.790. The van der Waals surface area contributed by atoms with Gasteiger partial charge in [0.1, 0.15) is 6.10 Å². The molecule has 0 saturated carbocycles. The largest absolute Gasteiger partial charge is 0.389 e. The SMILES string of the molecule is CC(=O)SCC(O)C(O)c1cnc(N)nc1C. The van der Waals surface area contributed by atoms with Gasteiger partial charge in [-0.3, -0.25) is 4.79 Å². The van der Waals surface area contributed by atoms with Gasteiger partial charge in [0, 0.05) is 30.1 Å². The summed E-state index contributed by atoms with van der Waals surface area (Å²) in [5, 5.41) is 19.5. The van der Waals surface area contributed by atoms with Crippen molar-refractivity contribution in [1.29, 1.82) is 0 Å². The van der Waals surface area contributed by atoms with Crippen LogP contribution in [0.1, 0.15) is 24.3 Å². The molecule has 0 aliphatic heterocycles. The van der Waals surface area contributed by atoms with Gasteiger partial charge in [0.05, 0.1) is 6.10 Å². The Labute approximate surface area is 103 Å². The third-order valence-corrected chi connectivity index (χ3v) is 3.09. The van der Waals surface area contributed by atoms with Crippen LogP contribution in [0.25, 0.3) is 0 Å². The summed E-state index contributed by atoms with van der Waals surface area (Å²) in [6, 6.07) is 0. The van der Waals surface area contributed by atoms with E-state index in [9.17, 15) is 15.0 Å². The second kappa shape index (κ2) is 5.95. The first-order valence-electron chi connectivity index (χ1n) is 5.00.